The van der Waals surface area contributed by atoms with Crippen molar-refractivity contribution in [3.8, 4) is 0 Å². The molecular weight excluding hydrogens is 368 g/mol. The van der Waals surface area contributed by atoms with Crippen LogP contribution in [0.1, 0.15) is 12.8 Å². The first-order valence-corrected chi connectivity index (χ1v) is 9.76. The van der Waals surface area contributed by atoms with E-state index in [1.807, 2.05) is 30.5 Å². The number of carbonyl (C=O) groups excluding carboxylic acids is 1. The summed E-state index contributed by atoms with van der Waals surface area (Å²) in [5.41, 5.74) is 2.71. The smallest absolute Gasteiger partial charge is 0.239 e. The normalized spacial score (nSPS) is 17.0. The third-order valence-corrected chi connectivity index (χ3v) is 5.31. The number of rotatable bonds is 5. The van der Waals surface area contributed by atoms with Crippen LogP contribution in [-0.4, -0.2) is 56.7 Å². The van der Waals surface area contributed by atoms with E-state index >= 15 is 0 Å². The number of aromatic amines is 2. The minimum absolute atomic E-state index is 0.0152. The topological polar surface area (TPSA) is 115 Å². The lowest BCUT2D eigenvalue weighted by atomic mass is 10.1. The first-order valence-electron chi connectivity index (χ1n) is 9.76. The predicted molar refractivity (Wildman–Crippen MR) is 112 cm³/mol. The van der Waals surface area contributed by atoms with E-state index < -0.39 is 0 Å². The summed E-state index contributed by atoms with van der Waals surface area (Å²) < 4.78 is 0. The molecule has 0 unspecified atom stereocenters. The second-order valence-corrected chi connectivity index (χ2v) is 7.32. The number of piperidine rings is 1. The van der Waals surface area contributed by atoms with Crippen LogP contribution in [0.25, 0.3) is 21.9 Å². The summed E-state index contributed by atoms with van der Waals surface area (Å²) in [6.07, 6.45) is 7.19. The van der Waals surface area contributed by atoms with Gasteiger partial charge >= 0.3 is 0 Å². The monoisotopic (exact) mass is 390 g/mol. The Hall–Kier alpha value is -3.62. The van der Waals surface area contributed by atoms with E-state index in [9.17, 15) is 4.79 Å². The molecule has 0 aliphatic carbocycles. The highest BCUT2D eigenvalue weighted by Gasteiger charge is 2.23. The highest BCUT2D eigenvalue weighted by atomic mass is 16.2. The van der Waals surface area contributed by atoms with E-state index in [0.29, 0.717) is 0 Å². The van der Waals surface area contributed by atoms with Crippen molar-refractivity contribution in [1.82, 2.24) is 30.5 Å². The lowest BCUT2D eigenvalue weighted by Gasteiger charge is -2.34. The Morgan fingerprint density at radius 1 is 1.28 bits per heavy atom. The van der Waals surface area contributed by atoms with Gasteiger partial charge in [0.2, 0.25) is 5.91 Å². The standard InChI is InChI=1S/C20H22N8O/c29-18(10-22-14-3-4-17-13(8-14)9-25-27-17)26-15-2-1-7-28(11-15)20-16-5-6-21-19(16)23-12-24-20/h3-6,8-9,12,15,22H,1-2,7,10-11H2,(H,25,27)(H,26,29)(H,21,23,24)/t15-/m1/s1. The Morgan fingerprint density at radius 2 is 2.24 bits per heavy atom. The molecule has 1 aromatic carbocycles. The number of amides is 1. The summed E-state index contributed by atoms with van der Waals surface area (Å²) in [7, 11) is 0. The Bertz CT molecular complexity index is 1150. The Kier molecular flexibility index (Phi) is 4.47. The van der Waals surface area contributed by atoms with Gasteiger partial charge in [0.05, 0.1) is 23.6 Å². The van der Waals surface area contributed by atoms with Gasteiger partial charge in [-0.05, 0) is 37.1 Å². The third-order valence-electron chi connectivity index (χ3n) is 5.31. The van der Waals surface area contributed by atoms with Crippen LogP contribution in [0.4, 0.5) is 11.5 Å². The van der Waals surface area contributed by atoms with E-state index in [4.69, 9.17) is 0 Å². The van der Waals surface area contributed by atoms with E-state index in [0.717, 1.165) is 59.4 Å². The summed E-state index contributed by atoms with van der Waals surface area (Å²) in [5.74, 6) is 0.903. The van der Waals surface area contributed by atoms with Gasteiger partial charge in [-0.15, -0.1) is 0 Å². The average molecular weight is 390 g/mol. The maximum absolute atomic E-state index is 12.5. The van der Waals surface area contributed by atoms with Crippen molar-refractivity contribution in [2.75, 3.05) is 29.9 Å². The van der Waals surface area contributed by atoms with E-state index in [-0.39, 0.29) is 18.5 Å². The molecule has 9 heteroatoms. The second-order valence-electron chi connectivity index (χ2n) is 7.32. The lowest BCUT2D eigenvalue weighted by Crippen LogP contribution is -2.49. The highest BCUT2D eigenvalue weighted by molar-refractivity contribution is 5.87. The van der Waals surface area contributed by atoms with Gasteiger partial charge in [-0.1, -0.05) is 0 Å². The number of anilines is 2. The number of nitrogens with one attached hydrogen (secondary N) is 4. The molecule has 1 atom stereocenters. The van der Waals surface area contributed by atoms with Gasteiger partial charge in [0.1, 0.15) is 17.8 Å². The molecule has 29 heavy (non-hydrogen) atoms. The van der Waals surface area contributed by atoms with Gasteiger partial charge in [-0.3, -0.25) is 9.89 Å². The number of benzene rings is 1. The fraction of sp³-hybridized carbons (Fsp3) is 0.300. The Balaban J connectivity index is 1.20. The number of fused-ring (bicyclic) bond motifs is 2. The molecule has 4 heterocycles. The maximum atomic E-state index is 12.5. The zero-order chi connectivity index (χ0) is 19.6. The molecule has 1 amide bonds. The minimum Gasteiger partial charge on any atom is -0.376 e. The number of aromatic nitrogens is 5. The van der Waals surface area contributed by atoms with Crippen LogP contribution < -0.4 is 15.5 Å². The molecule has 1 aliphatic heterocycles. The molecule has 4 N–H and O–H groups in total. The van der Waals surface area contributed by atoms with Crippen LogP contribution >= 0.6 is 0 Å². The van der Waals surface area contributed by atoms with E-state index in [1.54, 1.807) is 12.5 Å². The molecule has 9 nitrogen and oxygen atoms in total. The zero-order valence-electron chi connectivity index (χ0n) is 15.9. The summed E-state index contributed by atoms with van der Waals surface area (Å²) in [6, 6.07) is 7.95. The van der Waals surface area contributed by atoms with Gasteiger partial charge < -0.3 is 20.5 Å². The number of carbonyl (C=O) groups is 1. The summed E-state index contributed by atoms with van der Waals surface area (Å²) in [4.78, 5) is 26.6. The van der Waals surface area contributed by atoms with Crippen molar-refractivity contribution in [2.24, 2.45) is 0 Å². The Morgan fingerprint density at radius 3 is 3.21 bits per heavy atom. The summed E-state index contributed by atoms with van der Waals surface area (Å²) in [5, 5.41) is 15.3. The minimum atomic E-state index is -0.0152. The van der Waals surface area contributed by atoms with Crippen molar-refractivity contribution in [3.63, 3.8) is 0 Å². The van der Waals surface area contributed by atoms with Crippen LogP contribution in [0.5, 0.6) is 0 Å². The molecule has 0 spiro atoms. The van der Waals surface area contributed by atoms with Crippen molar-refractivity contribution in [1.29, 1.82) is 0 Å². The van der Waals surface area contributed by atoms with Gasteiger partial charge in [0.25, 0.3) is 0 Å². The number of hydrogen-bond donors (Lipinski definition) is 4. The molecule has 3 aromatic heterocycles. The average Bonchev–Trinajstić information content (AvgIpc) is 3.41. The fourth-order valence-corrected chi connectivity index (χ4v) is 3.91. The molecule has 0 saturated carbocycles. The predicted octanol–water partition coefficient (Wildman–Crippen LogP) is 2.03. The first-order chi connectivity index (χ1) is 14.3. The summed E-state index contributed by atoms with van der Waals surface area (Å²) in [6.45, 7) is 1.89. The molecule has 1 aliphatic rings. The van der Waals surface area contributed by atoms with Crippen molar-refractivity contribution in [2.45, 2.75) is 18.9 Å². The van der Waals surface area contributed by atoms with Gasteiger partial charge in [0, 0.05) is 36.4 Å². The molecule has 5 rings (SSSR count). The van der Waals surface area contributed by atoms with Crippen LogP contribution in [0, 0.1) is 0 Å². The maximum Gasteiger partial charge on any atom is 0.239 e. The van der Waals surface area contributed by atoms with Gasteiger partial charge in [-0.2, -0.15) is 5.10 Å². The quantitative estimate of drug-likeness (QED) is 0.415. The van der Waals surface area contributed by atoms with E-state index in [1.165, 1.54) is 0 Å². The van der Waals surface area contributed by atoms with E-state index in [2.05, 4.69) is 40.7 Å². The molecule has 148 valence electrons. The molecule has 1 saturated heterocycles. The van der Waals surface area contributed by atoms with Crippen molar-refractivity contribution in [3.05, 3.63) is 43.0 Å². The van der Waals surface area contributed by atoms with Gasteiger partial charge in [0.15, 0.2) is 0 Å². The largest absolute Gasteiger partial charge is 0.376 e. The molecule has 4 aromatic rings. The molecular formula is C20H22N8O. The van der Waals surface area contributed by atoms with Crippen LogP contribution in [0.2, 0.25) is 0 Å². The van der Waals surface area contributed by atoms with Crippen molar-refractivity contribution < 1.29 is 4.79 Å². The molecule has 1 fully saturated rings. The van der Waals surface area contributed by atoms with Crippen LogP contribution in [0.3, 0.4) is 0 Å². The third kappa shape index (κ3) is 3.58. The second kappa shape index (κ2) is 7.42. The first kappa shape index (κ1) is 17.5. The Labute approximate surface area is 166 Å². The van der Waals surface area contributed by atoms with Crippen LogP contribution in [-0.2, 0) is 4.79 Å². The zero-order valence-corrected chi connectivity index (χ0v) is 15.9. The fourth-order valence-electron chi connectivity index (χ4n) is 3.91. The molecule has 0 radical (unpaired) electrons. The lowest BCUT2D eigenvalue weighted by molar-refractivity contribution is -0.120. The van der Waals surface area contributed by atoms with Crippen LogP contribution in [0.15, 0.2) is 43.0 Å². The van der Waals surface area contributed by atoms with Gasteiger partial charge in [-0.25, -0.2) is 9.97 Å². The molecule has 0 bridgehead atoms. The number of nitrogens with zero attached hydrogens (tertiary/aromatic N) is 4. The summed E-state index contributed by atoms with van der Waals surface area (Å²) >= 11 is 0. The SMILES string of the molecule is O=C(CNc1ccc2[nH]ncc2c1)N[C@@H]1CCCN(c2ncnc3[nH]ccc23)C1. The highest BCUT2D eigenvalue weighted by Crippen LogP contribution is 2.25. The number of hydrogen-bond acceptors (Lipinski definition) is 6. The van der Waals surface area contributed by atoms with Crippen molar-refractivity contribution >= 4 is 39.3 Å². The number of H-pyrrole nitrogens is 2.